The summed E-state index contributed by atoms with van der Waals surface area (Å²) in [5.41, 5.74) is 2.64. The number of hydrogen-bond donors (Lipinski definition) is 1. The summed E-state index contributed by atoms with van der Waals surface area (Å²) in [5.74, 6) is 1.11. The average Bonchev–Trinajstić information content (AvgIpc) is 3.13. The summed E-state index contributed by atoms with van der Waals surface area (Å²) in [5, 5.41) is 3.62. The van der Waals surface area contributed by atoms with Crippen LogP contribution in [0, 0.1) is 0 Å². The first-order valence-electron chi connectivity index (χ1n) is 8.08. The molecule has 2 unspecified atom stereocenters. The van der Waals surface area contributed by atoms with E-state index in [4.69, 9.17) is 9.47 Å². The van der Waals surface area contributed by atoms with Gasteiger partial charge in [-0.3, -0.25) is 0 Å². The fourth-order valence-corrected chi connectivity index (χ4v) is 3.92. The highest BCUT2D eigenvalue weighted by molar-refractivity contribution is 9.10. The van der Waals surface area contributed by atoms with Gasteiger partial charge in [0.1, 0.15) is 5.75 Å². The fourth-order valence-electron chi connectivity index (χ4n) is 3.40. The lowest BCUT2D eigenvalue weighted by atomic mass is 9.96. The first-order valence-corrected chi connectivity index (χ1v) is 8.87. The van der Waals surface area contributed by atoms with E-state index in [9.17, 15) is 0 Å². The topological polar surface area (TPSA) is 30.5 Å². The quantitative estimate of drug-likeness (QED) is 0.838. The monoisotopic (exact) mass is 353 g/mol. The molecule has 1 fully saturated rings. The van der Waals surface area contributed by atoms with Crippen molar-refractivity contribution in [2.45, 2.75) is 51.2 Å². The summed E-state index contributed by atoms with van der Waals surface area (Å²) >= 11 is 3.64. The molecule has 0 aliphatic carbocycles. The van der Waals surface area contributed by atoms with Gasteiger partial charge in [-0.1, -0.05) is 22.9 Å². The molecular weight excluding hydrogens is 330 g/mol. The maximum atomic E-state index is 5.89. The van der Waals surface area contributed by atoms with Gasteiger partial charge < -0.3 is 14.8 Å². The van der Waals surface area contributed by atoms with E-state index < -0.39 is 0 Å². The van der Waals surface area contributed by atoms with Crippen molar-refractivity contribution in [1.82, 2.24) is 5.32 Å². The molecule has 0 saturated carbocycles. The summed E-state index contributed by atoms with van der Waals surface area (Å²) in [6.45, 7) is 4.88. The molecule has 1 aromatic rings. The van der Waals surface area contributed by atoms with Crippen LogP contribution in [0.4, 0.5) is 0 Å². The zero-order valence-corrected chi connectivity index (χ0v) is 14.2. The molecule has 116 valence electrons. The van der Waals surface area contributed by atoms with Crippen molar-refractivity contribution in [1.29, 1.82) is 0 Å². The largest absolute Gasteiger partial charge is 0.493 e. The molecule has 0 radical (unpaired) electrons. The summed E-state index contributed by atoms with van der Waals surface area (Å²) in [6.07, 6.45) is 6.13. The molecule has 0 amide bonds. The van der Waals surface area contributed by atoms with Gasteiger partial charge in [-0.25, -0.2) is 0 Å². The van der Waals surface area contributed by atoms with Crippen LogP contribution in [0.25, 0.3) is 0 Å². The number of nitrogens with one attached hydrogen (secondary N) is 1. The van der Waals surface area contributed by atoms with Gasteiger partial charge in [0.2, 0.25) is 0 Å². The highest BCUT2D eigenvalue weighted by Crippen LogP contribution is 2.38. The second-order valence-corrected chi connectivity index (χ2v) is 6.82. The zero-order valence-electron chi connectivity index (χ0n) is 12.7. The van der Waals surface area contributed by atoms with Gasteiger partial charge in [-0.15, -0.1) is 0 Å². The second kappa shape index (κ2) is 7.12. The van der Waals surface area contributed by atoms with E-state index in [1.54, 1.807) is 0 Å². The number of benzene rings is 1. The van der Waals surface area contributed by atoms with Crippen LogP contribution in [0.1, 0.15) is 49.8 Å². The molecule has 1 N–H and O–H groups in total. The predicted molar refractivity (Wildman–Crippen MR) is 88.0 cm³/mol. The number of rotatable bonds is 6. The SMILES string of the molecule is CCNC(CCC1CCCO1)c1cc(Br)cc2c1OCC2. The first-order chi connectivity index (χ1) is 10.3. The van der Waals surface area contributed by atoms with E-state index in [1.807, 2.05) is 0 Å². The van der Waals surface area contributed by atoms with Gasteiger partial charge in [0.15, 0.2) is 0 Å². The van der Waals surface area contributed by atoms with Gasteiger partial charge in [0, 0.05) is 29.1 Å². The maximum Gasteiger partial charge on any atom is 0.127 e. The highest BCUT2D eigenvalue weighted by atomic mass is 79.9. The van der Waals surface area contributed by atoms with Crippen LogP contribution in [-0.4, -0.2) is 25.9 Å². The average molecular weight is 354 g/mol. The van der Waals surface area contributed by atoms with Crippen LogP contribution in [-0.2, 0) is 11.2 Å². The Balaban J connectivity index is 1.76. The van der Waals surface area contributed by atoms with E-state index in [-0.39, 0.29) is 0 Å². The minimum Gasteiger partial charge on any atom is -0.493 e. The van der Waals surface area contributed by atoms with E-state index >= 15 is 0 Å². The third kappa shape index (κ3) is 3.61. The molecule has 0 bridgehead atoms. The summed E-state index contributed by atoms with van der Waals surface area (Å²) in [7, 11) is 0. The first kappa shape index (κ1) is 15.3. The zero-order chi connectivity index (χ0) is 14.7. The Morgan fingerprint density at radius 1 is 1.38 bits per heavy atom. The van der Waals surface area contributed by atoms with Crippen molar-refractivity contribution >= 4 is 15.9 Å². The molecule has 0 spiro atoms. The second-order valence-electron chi connectivity index (χ2n) is 5.90. The third-order valence-corrected chi connectivity index (χ3v) is 4.86. The lowest BCUT2D eigenvalue weighted by Crippen LogP contribution is -2.23. The van der Waals surface area contributed by atoms with Crippen LogP contribution < -0.4 is 10.1 Å². The van der Waals surface area contributed by atoms with Gasteiger partial charge in [-0.2, -0.15) is 0 Å². The summed E-state index contributed by atoms with van der Waals surface area (Å²) in [6, 6.07) is 4.76. The van der Waals surface area contributed by atoms with E-state index in [1.165, 1.54) is 24.0 Å². The van der Waals surface area contributed by atoms with Gasteiger partial charge in [0.05, 0.1) is 12.7 Å². The Kier molecular flexibility index (Phi) is 5.19. The number of ether oxygens (including phenoxy) is 2. The molecule has 2 heterocycles. The van der Waals surface area contributed by atoms with Crippen LogP contribution in [0.15, 0.2) is 16.6 Å². The van der Waals surface area contributed by atoms with Gasteiger partial charge in [0.25, 0.3) is 0 Å². The maximum absolute atomic E-state index is 5.89. The van der Waals surface area contributed by atoms with Crippen molar-refractivity contribution in [3.05, 3.63) is 27.7 Å². The Morgan fingerprint density at radius 3 is 3.05 bits per heavy atom. The van der Waals surface area contributed by atoms with Gasteiger partial charge >= 0.3 is 0 Å². The van der Waals surface area contributed by atoms with E-state index in [0.29, 0.717) is 12.1 Å². The predicted octanol–water partition coefficient (Wildman–Crippen LogP) is 3.99. The molecular formula is C17H24BrNO2. The standard InChI is InChI=1S/C17H24BrNO2/c1-2-19-16(6-5-14-4-3-8-20-14)15-11-13(18)10-12-7-9-21-17(12)15/h10-11,14,16,19H,2-9H2,1H3. The molecule has 21 heavy (non-hydrogen) atoms. The molecule has 2 aliphatic rings. The van der Waals surface area contributed by atoms with Crippen molar-refractivity contribution in [2.75, 3.05) is 19.8 Å². The highest BCUT2D eigenvalue weighted by Gasteiger charge is 2.24. The molecule has 3 rings (SSSR count). The molecule has 0 aromatic heterocycles. The van der Waals surface area contributed by atoms with Gasteiger partial charge in [-0.05, 0) is 49.9 Å². The lowest BCUT2D eigenvalue weighted by Gasteiger charge is -2.22. The normalized spacial score (nSPS) is 22.1. The van der Waals surface area contributed by atoms with Crippen molar-refractivity contribution in [3.8, 4) is 5.75 Å². The molecule has 1 saturated heterocycles. The number of fused-ring (bicyclic) bond motifs is 1. The summed E-state index contributed by atoms with van der Waals surface area (Å²) < 4.78 is 12.8. The molecule has 4 heteroatoms. The van der Waals surface area contributed by atoms with Crippen LogP contribution in [0.2, 0.25) is 0 Å². The molecule has 2 atom stereocenters. The summed E-state index contributed by atoms with van der Waals surface area (Å²) in [4.78, 5) is 0. The van der Waals surface area contributed by atoms with E-state index in [0.717, 1.165) is 49.2 Å². The third-order valence-electron chi connectivity index (χ3n) is 4.40. The number of halogens is 1. The Hall–Kier alpha value is -0.580. The molecule has 1 aromatic carbocycles. The Bertz CT molecular complexity index is 486. The van der Waals surface area contributed by atoms with Crippen molar-refractivity contribution in [2.24, 2.45) is 0 Å². The Labute approximate surface area is 135 Å². The minimum atomic E-state index is 0.351. The fraction of sp³-hybridized carbons (Fsp3) is 0.647. The molecule has 2 aliphatic heterocycles. The van der Waals surface area contributed by atoms with Crippen LogP contribution >= 0.6 is 15.9 Å². The Morgan fingerprint density at radius 2 is 2.29 bits per heavy atom. The smallest absolute Gasteiger partial charge is 0.127 e. The van der Waals surface area contributed by atoms with Crippen LogP contribution in [0.3, 0.4) is 0 Å². The minimum absolute atomic E-state index is 0.351. The molecule has 3 nitrogen and oxygen atoms in total. The lowest BCUT2D eigenvalue weighted by molar-refractivity contribution is 0.0995. The van der Waals surface area contributed by atoms with E-state index in [2.05, 4.69) is 40.3 Å². The van der Waals surface area contributed by atoms with Crippen molar-refractivity contribution < 1.29 is 9.47 Å². The number of hydrogen-bond acceptors (Lipinski definition) is 3. The van der Waals surface area contributed by atoms with Crippen molar-refractivity contribution in [3.63, 3.8) is 0 Å². The van der Waals surface area contributed by atoms with Crippen LogP contribution in [0.5, 0.6) is 5.75 Å².